The Hall–Kier alpha value is -1.68. The number of nitrogens with two attached hydrogens (primary N) is 1. The third-order valence-electron chi connectivity index (χ3n) is 2.14. The summed E-state index contributed by atoms with van der Waals surface area (Å²) in [6.07, 6.45) is 1.98. The maximum Gasteiger partial charge on any atom is 0.252 e. The molecule has 0 atom stereocenters. The maximum atomic E-state index is 11.4. The van der Waals surface area contributed by atoms with Crippen LogP contribution in [0.25, 0.3) is 0 Å². The number of para-hydroxylation sites is 1. The minimum atomic E-state index is -0.00843. The van der Waals surface area contributed by atoms with Crippen LogP contribution in [0.3, 0.4) is 0 Å². The van der Waals surface area contributed by atoms with Crippen LogP contribution in [0.15, 0.2) is 29.4 Å². The van der Waals surface area contributed by atoms with Gasteiger partial charge in [-0.3, -0.25) is 4.79 Å². The van der Waals surface area contributed by atoms with E-state index >= 15 is 0 Å². The van der Waals surface area contributed by atoms with E-state index in [0.717, 1.165) is 11.3 Å². The molecule has 0 saturated carbocycles. The van der Waals surface area contributed by atoms with Gasteiger partial charge in [-0.2, -0.15) is 5.10 Å². The van der Waals surface area contributed by atoms with Gasteiger partial charge in [-0.1, -0.05) is 18.2 Å². The van der Waals surface area contributed by atoms with E-state index in [-0.39, 0.29) is 5.91 Å². The first-order chi connectivity index (χ1) is 6.83. The molecule has 1 aliphatic heterocycles. The number of carbonyl (C=O) groups is 1. The number of nitrogens with zero attached hydrogens (tertiary/aromatic N) is 2. The first-order valence-corrected chi connectivity index (χ1v) is 4.46. The first-order valence-electron chi connectivity index (χ1n) is 4.46. The lowest BCUT2D eigenvalue weighted by Gasteiger charge is -2.15. The van der Waals surface area contributed by atoms with E-state index in [1.165, 1.54) is 5.01 Å². The lowest BCUT2D eigenvalue weighted by molar-refractivity contribution is -0.116. The van der Waals surface area contributed by atoms with Crippen molar-refractivity contribution >= 4 is 17.8 Å². The number of hydrogen-bond acceptors (Lipinski definition) is 3. The van der Waals surface area contributed by atoms with E-state index in [4.69, 9.17) is 5.73 Å². The lowest BCUT2D eigenvalue weighted by atomic mass is 10.1. The van der Waals surface area contributed by atoms with Crippen molar-refractivity contribution < 1.29 is 4.79 Å². The van der Waals surface area contributed by atoms with E-state index in [0.29, 0.717) is 13.0 Å². The summed E-state index contributed by atoms with van der Waals surface area (Å²) in [6, 6.07) is 7.52. The summed E-state index contributed by atoms with van der Waals surface area (Å²) in [7, 11) is 0. The number of hydrazone groups is 1. The van der Waals surface area contributed by atoms with Gasteiger partial charge in [0.25, 0.3) is 5.91 Å². The lowest BCUT2D eigenvalue weighted by Crippen LogP contribution is -2.21. The highest BCUT2D eigenvalue weighted by atomic mass is 16.2. The summed E-state index contributed by atoms with van der Waals surface area (Å²) >= 11 is 0. The second-order valence-electron chi connectivity index (χ2n) is 3.04. The van der Waals surface area contributed by atoms with Gasteiger partial charge in [-0.05, 0) is 11.6 Å². The Morgan fingerprint density at radius 1 is 1.43 bits per heavy atom. The fourth-order valence-corrected chi connectivity index (χ4v) is 1.44. The van der Waals surface area contributed by atoms with Gasteiger partial charge >= 0.3 is 0 Å². The van der Waals surface area contributed by atoms with Crippen molar-refractivity contribution in [3.8, 4) is 0 Å². The molecule has 0 aromatic heterocycles. The monoisotopic (exact) mass is 189 g/mol. The zero-order valence-corrected chi connectivity index (χ0v) is 7.68. The van der Waals surface area contributed by atoms with E-state index in [1.807, 2.05) is 24.3 Å². The Kier molecular flexibility index (Phi) is 2.28. The molecule has 1 aliphatic rings. The van der Waals surface area contributed by atoms with E-state index in [9.17, 15) is 4.79 Å². The Morgan fingerprint density at radius 2 is 2.21 bits per heavy atom. The third kappa shape index (κ3) is 1.40. The van der Waals surface area contributed by atoms with Crippen LogP contribution in [0.1, 0.15) is 12.0 Å². The average Bonchev–Trinajstić information content (AvgIpc) is 2.64. The van der Waals surface area contributed by atoms with Crippen molar-refractivity contribution in [2.75, 3.05) is 5.01 Å². The molecule has 2 N–H and O–H groups in total. The Labute approximate surface area is 82.0 Å². The molecule has 0 radical (unpaired) electrons. The molecular weight excluding hydrogens is 178 g/mol. The fourth-order valence-electron chi connectivity index (χ4n) is 1.44. The van der Waals surface area contributed by atoms with Crippen LogP contribution in [0.2, 0.25) is 0 Å². The SMILES string of the molecule is NCc1ccccc1N1N=CCC1=O. The molecule has 4 heteroatoms. The molecule has 1 amide bonds. The summed E-state index contributed by atoms with van der Waals surface area (Å²) < 4.78 is 0. The van der Waals surface area contributed by atoms with Crippen LogP contribution in [0.4, 0.5) is 5.69 Å². The predicted molar refractivity (Wildman–Crippen MR) is 54.9 cm³/mol. The third-order valence-corrected chi connectivity index (χ3v) is 2.14. The van der Waals surface area contributed by atoms with Crippen molar-refractivity contribution in [1.82, 2.24) is 0 Å². The number of hydrogen-bond donors (Lipinski definition) is 1. The molecule has 0 aliphatic carbocycles. The zero-order chi connectivity index (χ0) is 9.97. The summed E-state index contributed by atoms with van der Waals surface area (Å²) in [5.74, 6) is -0.00843. The normalized spacial score (nSPS) is 15.2. The van der Waals surface area contributed by atoms with Gasteiger partial charge in [-0.15, -0.1) is 0 Å². The van der Waals surface area contributed by atoms with Crippen LogP contribution in [0, 0.1) is 0 Å². The van der Waals surface area contributed by atoms with Crippen LogP contribution in [0.5, 0.6) is 0 Å². The first kappa shape index (κ1) is 8.90. The molecule has 72 valence electrons. The predicted octanol–water partition coefficient (Wildman–Crippen LogP) is 0.868. The largest absolute Gasteiger partial charge is 0.326 e. The minimum absolute atomic E-state index is 0.00843. The number of rotatable bonds is 2. The number of anilines is 1. The van der Waals surface area contributed by atoms with Crippen molar-refractivity contribution in [3.05, 3.63) is 29.8 Å². The molecule has 0 bridgehead atoms. The molecule has 0 fully saturated rings. The van der Waals surface area contributed by atoms with E-state index < -0.39 is 0 Å². The number of carbonyl (C=O) groups excluding carboxylic acids is 1. The second-order valence-corrected chi connectivity index (χ2v) is 3.04. The van der Waals surface area contributed by atoms with Crippen LogP contribution >= 0.6 is 0 Å². The minimum Gasteiger partial charge on any atom is -0.326 e. The molecular formula is C10H11N3O. The summed E-state index contributed by atoms with van der Waals surface area (Å²) in [5, 5.41) is 5.40. The topological polar surface area (TPSA) is 58.7 Å². The molecule has 0 saturated heterocycles. The van der Waals surface area contributed by atoms with Gasteiger partial charge in [0, 0.05) is 12.8 Å². The number of amides is 1. The molecule has 0 spiro atoms. The van der Waals surface area contributed by atoms with Gasteiger partial charge in [0.2, 0.25) is 0 Å². The van der Waals surface area contributed by atoms with Gasteiger partial charge in [0.05, 0.1) is 12.1 Å². The molecule has 2 rings (SSSR count). The van der Waals surface area contributed by atoms with Crippen molar-refractivity contribution in [3.63, 3.8) is 0 Å². The van der Waals surface area contributed by atoms with Gasteiger partial charge in [0.15, 0.2) is 0 Å². The molecule has 1 heterocycles. The molecule has 0 unspecified atom stereocenters. The van der Waals surface area contributed by atoms with E-state index in [1.54, 1.807) is 6.21 Å². The van der Waals surface area contributed by atoms with Gasteiger partial charge in [0.1, 0.15) is 0 Å². The fraction of sp³-hybridized carbons (Fsp3) is 0.200. The summed E-state index contributed by atoms with van der Waals surface area (Å²) in [5.41, 5.74) is 7.29. The summed E-state index contributed by atoms with van der Waals surface area (Å²) in [4.78, 5) is 11.4. The average molecular weight is 189 g/mol. The smallest absolute Gasteiger partial charge is 0.252 e. The van der Waals surface area contributed by atoms with Crippen LogP contribution in [-0.2, 0) is 11.3 Å². The van der Waals surface area contributed by atoms with Crippen LogP contribution in [-0.4, -0.2) is 12.1 Å². The molecule has 1 aromatic carbocycles. The van der Waals surface area contributed by atoms with Crippen molar-refractivity contribution in [2.45, 2.75) is 13.0 Å². The Bertz CT molecular complexity index is 387. The standard InChI is InChI=1S/C10H11N3O/c11-7-8-3-1-2-4-9(8)13-10(14)5-6-12-13/h1-4,6H,5,7,11H2. The van der Waals surface area contributed by atoms with Gasteiger partial charge in [-0.25, -0.2) is 5.01 Å². The van der Waals surface area contributed by atoms with Gasteiger partial charge < -0.3 is 5.73 Å². The van der Waals surface area contributed by atoms with E-state index in [2.05, 4.69) is 5.10 Å². The second kappa shape index (κ2) is 3.59. The Balaban J connectivity index is 2.40. The number of benzene rings is 1. The molecule has 14 heavy (non-hydrogen) atoms. The Morgan fingerprint density at radius 3 is 2.86 bits per heavy atom. The maximum absolute atomic E-state index is 11.4. The van der Waals surface area contributed by atoms with Crippen LogP contribution < -0.4 is 10.7 Å². The van der Waals surface area contributed by atoms with Crippen molar-refractivity contribution in [2.24, 2.45) is 10.8 Å². The molecule has 4 nitrogen and oxygen atoms in total. The highest BCUT2D eigenvalue weighted by Gasteiger charge is 2.20. The summed E-state index contributed by atoms with van der Waals surface area (Å²) in [6.45, 7) is 0.412. The molecule has 1 aromatic rings. The quantitative estimate of drug-likeness (QED) is 0.750. The highest BCUT2D eigenvalue weighted by Crippen LogP contribution is 2.22. The highest BCUT2D eigenvalue weighted by molar-refractivity contribution is 6.05. The van der Waals surface area contributed by atoms with Crippen molar-refractivity contribution in [1.29, 1.82) is 0 Å². The zero-order valence-electron chi connectivity index (χ0n) is 7.68.